The molecule has 1 aromatic heterocycles. The number of carbonyl (C=O) groups is 1. The maximum Gasteiger partial charge on any atom is 0.274 e. The zero-order chi connectivity index (χ0) is 25.5. The number of oxime groups is 1. The number of nitrogens with zero attached hydrogens (tertiary/aromatic N) is 4. The lowest BCUT2D eigenvalue weighted by molar-refractivity contribution is -0.116. The highest BCUT2D eigenvalue weighted by molar-refractivity contribution is 6.46. The lowest BCUT2D eigenvalue weighted by Gasteiger charge is -2.29. The number of hydrogen-bond acceptors (Lipinski definition) is 7. The molecule has 2 N–H and O–H groups in total. The summed E-state index contributed by atoms with van der Waals surface area (Å²) in [5.41, 5.74) is 3.30. The van der Waals surface area contributed by atoms with Crippen molar-refractivity contribution in [2.75, 3.05) is 19.6 Å². The number of benzene rings is 2. The number of halogens is 1. The van der Waals surface area contributed by atoms with Crippen molar-refractivity contribution >= 4 is 34.1 Å². The monoisotopic (exact) mass is 523 g/mol. The van der Waals surface area contributed by atoms with E-state index in [1.54, 1.807) is 23.0 Å². The number of likely N-dealkylation sites (tertiary alicyclic amines) is 1. The van der Waals surface area contributed by atoms with Crippen LogP contribution >= 0.6 is 11.6 Å². The van der Waals surface area contributed by atoms with Crippen molar-refractivity contribution < 1.29 is 19.5 Å². The first-order valence-electron chi connectivity index (χ1n) is 12.8. The molecule has 2 atom stereocenters. The second kappa shape index (κ2) is 9.96. The highest BCUT2D eigenvalue weighted by Crippen LogP contribution is 2.34. The normalized spacial score (nSPS) is 19.2. The van der Waals surface area contributed by atoms with Crippen LogP contribution in [0.15, 0.2) is 41.7 Å². The molecule has 10 heteroatoms. The van der Waals surface area contributed by atoms with Crippen LogP contribution in [0.3, 0.4) is 0 Å². The predicted molar refractivity (Wildman–Crippen MR) is 140 cm³/mol. The van der Waals surface area contributed by atoms with Crippen molar-refractivity contribution in [3.05, 3.63) is 58.2 Å². The molecule has 2 aliphatic heterocycles. The van der Waals surface area contributed by atoms with Gasteiger partial charge in [0.2, 0.25) is 0 Å². The molecule has 1 saturated heterocycles. The van der Waals surface area contributed by atoms with Gasteiger partial charge in [-0.3, -0.25) is 9.48 Å². The zero-order valence-corrected chi connectivity index (χ0v) is 21.4. The third-order valence-electron chi connectivity index (χ3n) is 7.31. The van der Waals surface area contributed by atoms with Gasteiger partial charge in [0.05, 0.1) is 28.9 Å². The molecule has 1 amide bonds. The van der Waals surface area contributed by atoms with E-state index in [-0.39, 0.29) is 18.4 Å². The largest absolute Gasteiger partial charge is 0.489 e. The zero-order valence-electron chi connectivity index (χ0n) is 20.7. The predicted octanol–water partition coefficient (Wildman–Crippen LogP) is 3.32. The van der Waals surface area contributed by atoms with Crippen molar-refractivity contribution in [1.82, 2.24) is 20.0 Å². The molecule has 6 rings (SSSR count). The van der Waals surface area contributed by atoms with Crippen molar-refractivity contribution in [2.24, 2.45) is 12.2 Å². The smallest absolute Gasteiger partial charge is 0.274 e. The second-order valence-corrected chi connectivity index (χ2v) is 10.5. The summed E-state index contributed by atoms with van der Waals surface area (Å²) in [6.45, 7) is 2.63. The topological polar surface area (TPSA) is 101 Å². The molecule has 0 bridgehead atoms. The lowest BCUT2D eigenvalue weighted by Crippen LogP contribution is -2.49. The SMILES string of the molecule is Cn1ncc2ccc3c(c21)CON=C3C(=O)N[C@H](CN1CCCC1)[C@H](O)c1ccc(OC2CC2)c(Cl)c1. The van der Waals surface area contributed by atoms with Gasteiger partial charge < -0.3 is 24.9 Å². The molecule has 194 valence electrons. The van der Waals surface area contributed by atoms with E-state index < -0.39 is 18.1 Å². The van der Waals surface area contributed by atoms with Crippen molar-refractivity contribution in [2.45, 2.75) is 50.5 Å². The Morgan fingerprint density at radius 2 is 2.08 bits per heavy atom. The van der Waals surface area contributed by atoms with Gasteiger partial charge in [-0.05, 0) is 56.5 Å². The minimum atomic E-state index is -0.971. The molecule has 2 fully saturated rings. The molecule has 1 aliphatic carbocycles. The molecular weight excluding hydrogens is 494 g/mol. The number of fused-ring (bicyclic) bond motifs is 3. The van der Waals surface area contributed by atoms with Crippen LogP contribution in [0.1, 0.15) is 48.5 Å². The maximum absolute atomic E-state index is 13.6. The standard InChI is InChI=1S/C27H30ClN5O4/c1-32-25-17(13-29-32)4-8-19-20(25)15-36-31-24(19)27(35)30-22(14-33-10-2-3-11-33)26(34)16-5-9-23(21(28)12-16)37-18-6-7-18/h4-5,8-9,12-13,18,22,26,34H,2-3,6-7,10-11,14-15H2,1H3,(H,30,35)/t22-,26-/m1/s1. The summed E-state index contributed by atoms with van der Waals surface area (Å²) in [6.07, 6.45) is 5.32. The van der Waals surface area contributed by atoms with Gasteiger partial charge in [0.25, 0.3) is 5.91 Å². The van der Waals surface area contributed by atoms with Crippen LogP contribution in [0.25, 0.3) is 10.9 Å². The van der Waals surface area contributed by atoms with Crippen molar-refractivity contribution in [3.8, 4) is 5.75 Å². The van der Waals surface area contributed by atoms with E-state index in [0.717, 1.165) is 55.2 Å². The van der Waals surface area contributed by atoms with Crippen LogP contribution in [0, 0.1) is 0 Å². The summed E-state index contributed by atoms with van der Waals surface area (Å²) in [6, 6.07) is 8.56. The first-order chi connectivity index (χ1) is 18.0. The van der Waals surface area contributed by atoms with Gasteiger partial charge in [-0.15, -0.1) is 0 Å². The maximum atomic E-state index is 13.6. The Morgan fingerprint density at radius 3 is 2.84 bits per heavy atom. The van der Waals surface area contributed by atoms with Gasteiger partial charge in [-0.2, -0.15) is 5.10 Å². The summed E-state index contributed by atoms with van der Waals surface area (Å²) in [4.78, 5) is 21.3. The molecule has 0 spiro atoms. The minimum Gasteiger partial charge on any atom is -0.489 e. The summed E-state index contributed by atoms with van der Waals surface area (Å²) in [5.74, 6) is 0.220. The number of amides is 1. The van der Waals surface area contributed by atoms with Crippen LogP contribution in [0.5, 0.6) is 5.75 Å². The van der Waals surface area contributed by atoms with E-state index in [2.05, 4.69) is 20.5 Å². The number of aromatic nitrogens is 2. The molecule has 2 aromatic carbocycles. The van der Waals surface area contributed by atoms with Gasteiger partial charge in [0.1, 0.15) is 18.5 Å². The van der Waals surface area contributed by atoms with E-state index in [1.807, 2.05) is 25.2 Å². The highest BCUT2D eigenvalue weighted by Gasteiger charge is 2.32. The molecule has 3 aromatic rings. The van der Waals surface area contributed by atoms with E-state index in [4.69, 9.17) is 21.2 Å². The Morgan fingerprint density at radius 1 is 1.27 bits per heavy atom. The van der Waals surface area contributed by atoms with Gasteiger partial charge in [0, 0.05) is 30.1 Å². The summed E-state index contributed by atoms with van der Waals surface area (Å²) in [5, 5.41) is 24.3. The highest BCUT2D eigenvalue weighted by atomic mass is 35.5. The Balaban J connectivity index is 1.26. The Kier molecular flexibility index (Phi) is 6.52. The van der Waals surface area contributed by atoms with Gasteiger partial charge >= 0.3 is 0 Å². The number of carbonyl (C=O) groups excluding carboxylic acids is 1. The fourth-order valence-corrected chi connectivity index (χ4v) is 5.42. The Labute approximate surface area is 220 Å². The summed E-state index contributed by atoms with van der Waals surface area (Å²) < 4.78 is 7.62. The third-order valence-corrected chi connectivity index (χ3v) is 7.60. The van der Waals surface area contributed by atoms with E-state index >= 15 is 0 Å². The summed E-state index contributed by atoms with van der Waals surface area (Å²) >= 11 is 6.48. The fraction of sp³-hybridized carbons (Fsp3) is 0.444. The molecule has 3 heterocycles. The van der Waals surface area contributed by atoms with Crippen LogP contribution in [-0.2, 0) is 23.3 Å². The summed E-state index contributed by atoms with van der Waals surface area (Å²) in [7, 11) is 1.86. The molecular formula is C27H30ClN5O4. The lowest BCUT2D eigenvalue weighted by atomic mass is 9.98. The van der Waals surface area contributed by atoms with Crippen LogP contribution in [0.4, 0.5) is 0 Å². The number of aliphatic hydroxyl groups is 1. The molecule has 9 nitrogen and oxygen atoms in total. The molecule has 3 aliphatic rings. The average molecular weight is 524 g/mol. The molecule has 37 heavy (non-hydrogen) atoms. The number of aryl methyl sites for hydroxylation is 1. The molecule has 1 saturated carbocycles. The fourth-order valence-electron chi connectivity index (χ4n) is 5.19. The van der Waals surface area contributed by atoms with E-state index in [9.17, 15) is 9.90 Å². The van der Waals surface area contributed by atoms with Gasteiger partial charge in [0.15, 0.2) is 5.71 Å². The van der Waals surface area contributed by atoms with Crippen LogP contribution in [-0.4, -0.2) is 63.2 Å². The first-order valence-corrected chi connectivity index (χ1v) is 13.2. The van der Waals surface area contributed by atoms with Crippen molar-refractivity contribution in [3.63, 3.8) is 0 Å². The van der Waals surface area contributed by atoms with Gasteiger partial charge in [-0.25, -0.2) is 0 Å². The van der Waals surface area contributed by atoms with E-state index in [1.165, 1.54) is 0 Å². The average Bonchev–Trinajstić information content (AvgIpc) is 3.41. The third kappa shape index (κ3) is 4.91. The van der Waals surface area contributed by atoms with Crippen LogP contribution in [0.2, 0.25) is 5.02 Å². The number of aliphatic hydroxyl groups excluding tert-OH is 1. The van der Waals surface area contributed by atoms with E-state index in [0.29, 0.717) is 28.4 Å². The first kappa shape index (κ1) is 24.2. The number of rotatable bonds is 8. The quantitative estimate of drug-likeness (QED) is 0.470. The number of hydrogen-bond donors (Lipinski definition) is 2. The molecule has 0 unspecified atom stereocenters. The van der Waals surface area contributed by atoms with Crippen molar-refractivity contribution in [1.29, 1.82) is 0 Å². The number of ether oxygens (including phenoxy) is 1. The Bertz CT molecular complexity index is 1360. The minimum absolute atomic E-state index is 0.189. The van der Waals surface area contributed by atoms with Gasteiger partial charge in [-0.1, -0.05) is 35.0 Å². The number of nitrogens with one attached hydrogen (secondary N) is 1. The Hall–Kier alpha value is -3.14. The van der Waals surface area contributed by atoms with Crippen LogP contribution < -0.4 is 10.1 Å². The molecule has 0 radical (unpaired) electrons. The second-order valence-electron chi connectivity index (χ2n) is 10.1.